The Balaban J connectivity index is 2.55. The lowest BCUT2D eigenvalue weighted by Crippen LogP contribution is -2.24. The summed E-state index contributed by atoms with van der Waals surface area (Å²) in [4.78, 5) is 21.4. The quantitative estimate of drug-likeness (QED) is 0.767. The average Bonchev–Trinajstić information content (AvgIpc) is 2.78. The molecule has 0 aliphatic rings. The highest BCUT2D eigenvalue weighted by Gasteiger charge is 2.31. The van der Waals surface area contributed by atoms with Crippen molar-refractivity contribution in [2.75, 3.05) is 6.61 Å². The summed E-state index contributed by atoms with van der Waals surface area (Å²) in [6.07, 6.45) is 2.72. The van der Waals surface area contributed by atoms with Crippen LogP contribution >= 0.6 is 0 Å². The van der Waals surface area contributed by atoms with Gasteiger partial charge in [0, 0.05) is 12.7 Å². The fraction of sp³-hybridized carbons (Fsp3) is 0.562. The van der Waals surface area contributed by atoms with Crippen LogP contribution in [0.1, 0.15) is 45.9 Å². The van der Waals surface area contributed by atoms with Crippen LogP contribution in [0.2, 0.25) is 0 Å². The zero-order valence-corrected chi connectivity index (χ0v) is 13.2. The van der Waals surface area contributed by atoms with Crippen molar-refractivity contribution in [3.8, 4) is 0 Å². The molecular formula is C16H23N3O2. The monoisotopic (exact) mass is 289 g/mol. The molecule has 114 valence electrons. The standard InChI is InChI=1S/C16H23N3O2/c1-5-10-19-14-12(8-7-9-17-14)18-15(19)13(11(3)4)16(20)21-6-2/h7-9,11,13H,5-6,10H2,1-4H3. The maximum absolute atomic E-state index is 12.3. The van der Waals surface area contributed by atoms with Gasteiger partial charge in [-0.25, -0.2) is 9.97 Å². The number of carbonyl (C=O) groups is 1. The molecule has 0 fully saturated rings. The fourth-order valence-corrected chi connectivity index (χ4v) is 2.57. The first kappa shape index (κ1) is 15.5. The third-order valence-electron chi connectivity index (χ3n) is 3.47. The molecule has 0 aliphatic carbocycles. The van der Waals surface area contributed by atoms with Crippen molar-refractivity contribution in [2.45, 2.75) is 46.6 Å². The molecule has 2 aromatic rings. The smallest absolute Gasteiger partial charge is 0.316 e. The number of rotatable bonds is 6. The van der Waals surface area contributed by atoms with Gasteiger partial charge < -0.3 is 9.30 Å². The van der Waals surface area contributed by atoms with Crippen molar-refractivity contribution in [1.29, 1.82) is 0 Å². The molecule has 0 N–H and O–H groups in total. The van der Waals surface area contributed by atoms with E-state index < -0.39 is 0 Å². The molecule has 2 heterocycles. The Morgan fingerprint density at radius 3 is 2.76 bits per heavy atom. The molecule has 0 saturated heterocycles. The molecule has 2 aromatic heterocycles. The molecule has 0 radical (unpaired) electrons. The third kappa shape index (κ3) is 3.06. The zero-order valence-electron chi connectivity index (χ0n) is 13.2. The van der Waals surface area contributed by atoms with Crippen LogP contribution in [0.4, 0.5) is 0 Å². The summed E-state index contributed by atoms with van der Waals surface area (Å²) in [5.74, 6) is 0.321. The summed E-state index contributed by atoms with van der Waals surface area (Å²) in [6.45, 7) is 9.15. The van der Waals surface area contributed by atoms with Gasteiger partial charge >= 0.3 is 5.97 Å². The minimum Gasteiger partial charge on any atom is -0.465 e. The minimum atomic E-state index is -0.356. The maximum atomic E-state index is 12.3. The first-order chi connectivity index (χ1) is 10.1. The SMILES string of the molecule is CCCn1c(C(C(=O)OCC)C(C)C)nc2cccnc21. The Hall–Kier alpha value is -1.91. The third-order valence-corrected chi connectivity index (χ3v) is 3.47. The summed E-state index contributed by atoms with van der Waals surface area (Å²) >= 11 is 0. The van der Waals surface area contributed by atoms with Crippen LogP contribution in [0.15, 0.2) is 18.3 Å². The Labute approximate surface area is 125 Å². The maximum Gasteiger partial charge on any atom is 0.316 e. The van der Waals surface area contributed by atoms with Crippen molar-refractivity contribution in [3.05, 3.63) is 24.2 Å². The summed E-state index contributed by atoms with van der Waals surface area (Å²) in [6, 6.07) is 3.80. The van der Waals surface area contributed by atoms with Crippen molar-refractivity contribution < 1.29 is 9.53 Å². The van der Waals surface area contributed by atoms with Gasteiger partial charge in [-0.1, -0.05) is 20.8 Å². The Morgan fingerprint density at radius 2 is 2.14 bits per heavy atom. The lowest BCUT2D eigenvalue weighted by Gasteiger charge is -2.19. The number of ether oxygens (including phenoxy) is 1. The van der Waals surface area contributed by atoms with E-state index in [0.717, 1.165) is 30.0 Å². The van der Waals surface area contributed by atoms with E-state index in [1.54, 1.807) is 6.20 Å². The predicted octanol–water partition coefficient (Wildman–Crippen LogP) is 3.14. The molecule has 0 spiro atoms. The number of imidazole rings is 1. The van der Waals surface area contributed by atoms with Gasteiger partial charge in [0.05, 0.1) is 6.61 Å². The molecule has 2 rings (SSSR count). The molecule has 0 aromatic carbocycles. The highest BCUT2D eigenvalue weighted by molar-refractivity contribution is 5.80. The van der Waals surface area contributed by atoms with E-state index in [1.165, 1.54) is 0 Å². The number of carbonyl (C=O) groups excluding carboxylic acids is 1. The zero-order chi connectivity index (χ0) is 15.4. The van der Waals surface area contributed by atoms with Gasteiger partial charge in [-0.15, -0.1) is 0 Å². The van der Waals surface area contributed by atoms with Crippen molar-refractivity contribution >= 4 is 17.1 Å². The van der Waals surface area contributed by atoms with Crippen molar-refractivity contribution in [3.63, 3.8) is 0 Å². The number of pyridine rings is 1. The molecule has 1 atom stereocenters. The van der Waals surface area contributed by atoms with Crippen molar-refractivity contribution in [1.82, 2.24) is 14.5 Å². The number of hydrogen-bond donors (Lipinski definition) is 0. The first-order valence-electron chi connectivity index (χ1n) is 7.57. The number of aryl methyl sites for hydroxylation is 1. The van der Waals surface area contributed by atoms with E-state index >= 15 is 0 Å². The average molecular weight is 289 g/mol. The molecule has 1 unspecified atom stereocenters. The number of hydrogen-bond acceptors (Lipinski definition) is 4. The molecule has 21 heavy (non-hydrogen) atoms. The van der Waals surface area contributed by atoms with Gasteiger partial charge in [0.1, 0.15) is 17.3 Å². The summed E-state index contributed by atoms with van der Waals surface area (Å²) in [5.41, 5.74) is 1.67. The van der Waals surface area contributed by atoms with Crippen LogP contribution in [0.3, 0.4) is 0 Å². The molecule has 5 heteroatoms. The second kappa shape index (κ2) is 6.70. The van der Waals surface area contributed by atoms with Crippen LogP contribution in [-0.4, -0.2) is 27.1 Å². The largest absolute Gasteiger partial charge is 0.465 e. The number of fused-ring (bicyclic) bond motifs is 1. The first-order valence-corrected chi connectivity index (χ1v) is 7.57. The van der Waals surface area contributed by atoms with Crippen LogP contribution in [0.5, 0.6) is 0 Å². The van der Waals surface area contributed by atoms with Crippen molar-refractivity contribution in [2.24, 2.45) is 5.92 Å². The van der Waals surface area contributed by atoms with Crippen LogP contribution in [-0.2, 0) is 16.1 Å². The number of nitrogens with zero attached hydrogens (tertiary/aromatic N) is 3. The predicted molar refractivity (Wildman–Crippen MR) is 82.0 cm³/mol. The summed E-state index contributed by atoms with van der Waals surface area (Å²) in [5, 5.41) is 0. The van der Waals surface area contributed by atoms with E-state index in [4.69, 9.17) is 4.74 Å². The van der Waals surface area contributed by atoms with Gasteiger partial charge in [0.25, 0.3) is 0 Å². The molecule has 0 saturated carbocycles. The van der Waals surface area contributed by atoms with Gasteiger partial charge in [-0.2, -0.15) is 0 Å². The Bertz CT molecular complexity index is 619. The molecule has 0 aliphatic heterocycles. The van der Waals surface area contributed by atoms with E-state index in [2.05, 4.69) is 21.5 Å². The Morgan fingerprint density at radius 1 is 1.38 bits per heavy atom. The minimum absolute atomic E-state index is 0.122. The highest BCUT2D eigenvalue weighted by Crippen LogP contribution is 2.28. The topological polar surface area (TPSA) is 57.0 Å². The summed E-state index contributed by atoms with van der Waals surface area (Å²) in [7, 11) is 0. The van der Waals surface area contributed by atoms with E-state index in [0.29, 0.717) is 6.61 Å². The number of esters is 1. The summed E-state index contributed by atoms with van der Waals surface area (Å²) < 4.78 is 7.29. The fourth-order valence-electron chi connectivity index (χ4n) is 2.57. The lowest BCUT2D eigenvalue weighted by molar-refractivity contribution is -0.146. The van der Waals surface area contributed by atoms with Gasteiger partial charge in [0.15, 0.2) is 5.65 Å². The number of aromatic nitrogens is 3. The molecular weight excluding hydrogens is 266 g/mol. The molecule has 0 amide bonds. The second-order valence-electron chi connectivity index (χ2n) is 5.44. The molecule has 5 nitrogen and oxygen atoms in total. The lowest BCUT2D eigenvalue weighted by atomic mass is 9.95. The normalized spacial score (nSPS) is 12.8. The van der Waals surface area contributed by atoms with Crippen LogP contribution in [0.25, 0.3) is 11.2 Å². The van der Waals surface area contributed by atoms with E-state index in [9.17, 15) is 4.79 Å². The Kier molecular flexibility index (Phi) is 4.94. The van der Waals surface area contributed by atoms with Gasteiger partial charge in [-0.05, 0) is 31.4 Å². The van der Waals surface area contributed by atoms with Crippen LogP contribution < -0.4 is 0 Å². The van der Waals surface area contributed by atoms with Gasteiger partial charge in [-0.3, -0.25) is 4.79 Å². The highest BCUT2D eigenvalue weighted by atomic mass is 16.5. The van der Waals surface area contributed by atoms with E-state index in [-0.39, 0.29) is 17.8 Å². The second-order valence-corrected chi connectivity index (χ2v) is 5.44. The van der Waals surface area contributed by atoms with Gasteiger partial charge in [0.2, 0.25) is 0 Å². The van der Waals surface area contributed by atoms with Crippen LogP contribution in [0, 0.1) is 5.92 Å². The van der Waals surface area contributed by atoms with E-state index in [1.807, 2.05) is 32.9 Å². The molecule has 0 bridgehead atoms.